The van der Waals surface area contributed by atoms with Crippen LogP contribution in [0.15, 0.2) is 4.99 Å². The second-order valence-corrected chi connectivity index (χ2v) is 4.14. The van der Waals surface area contributed by atoms with Crippen LogP contribution in [0.5, 0.6) is 0 Å². The van der Waals surface area contributed by atoms with Crippen molar-refractivity contribution in [2.45, 2.75) is 39.8 Å². The van der Waals surface area contributed by atoms with Crippen molar-refractivity contribution >= 4 is 5.96 Å². The Bertz CT molecular complexity index is 175. The zero-order valence-corrected chi connectivity index (χ0v) is 10.0. The summed E-state index contributed by atoms with van der Waals surface area (Å²) in [5, 5.41) is 3.05. The predicted molar refractivity (Wildman–Crippen MR) is 62.5 cm³/mol. The molecule has 0 amide bonds. The first-order valence-corrected chi connectivity index (χ1v) is 5.20. The molecular formula is C10H24N4. The molecule has 0 aromatic heterocycles. The average molecular weight is 200 g/mol. The molecule has 0 saturated heterocycles. The highest BCUT2D eigenvalue weighted by Gasteiger charge is 2.01. The summed E-state index contributed by atoms with van der Waals surface area (Å²) >= 11 is 0. The topological polar surface area (TPSA) is 53.6 Å². The highest BCUT2D eigenvalue weighted by molar-refractivity contribution is 5.78. The van der Waals surface area contributed by atoms with E-state index in [1.54, 1.807) is 0 Å². The number of hydrogen-bond acceptors (Lipinski definition) is 2. The Kier molecular flexibility index (Phi) is 6.28. The van der Waals surface area contributed by atoms with Gasteiger partial charge in [-0.2, -0.15) is 0 Å². The Morgan fingerprint density at radius 3 is 2.36 bits per heavy atom. The van der Waals surface area contributed by atoms with Crippen LogP contribution in [0.3, 0.4) is 0 Å². The molecule has 14 heavy (non-hydrogen) atoms. The molecule has 0 aliphatic rings. The molecule has 0 aromatic rings. The Balaban J connectivity index is 3.70. The van der Waals surface area contributed by atoms with Crippen molar-refractivity contribution in [2.24, 2.45) is 10.7 Å². The van der Waals surface area contributed by atoms with Gasteiger partial charge in [0.2, 0.25) is 0 Å². The quantitative estimate of drug-likeness (QED) is 0.506. The van der Waals surface area contributed by atoms with Crippen LogP contribution in [0.4, 0.5) is 0 Å². The Hall–Kier alpha value is -0.770. The lowest BCUT2D eigenvalue weighted by Crippen LogP contribution is -2.37. The van der Waals surface area contributed by atoms with E-state index in [4.69, 9.17) is 5.73 Å². The summed E-state index contributed by atoms with van der Waals surface area (Å²) in [5.74, 6) is 0.539. The van der Waals surface area contributed by atoms with Gasteiger partial charge in [0, 0.05) is 18.6 Å². The van der Waals surface area contributed by atoms with Gasteiger partial charge in [-0.25, -0.2) is 0 Å². The predicted octanol–water partition coefficient (Wildman–Crippen LogP) is 0.639. The summed E-state index contributed by atoms with van der Waals surface area (Å²) in [5.41, 5.74) is 5.66. The normalized spacial score (nSPS) is 13.0. The lowest BCUT2D eigenvalue weighted by molar-refractivity contribution is 0.282. The number of rotatable bonds is 5. The molecule has 0 heterocycles. The van der Waals surface area contributed by atoms with Gasteiger partial charge in [-0.1, -0.05) is 0 Å². The lowest BCUT2D eigenvalue weighted by atomic mass is 10.3. The van der Waals surface area contributed by atoms with E-state index in [0.29, 0.717) is 18.0 Å². The largest absolute Gasteiger partial charge is 0.370 e. The molecule has 4 nitrogen and oxygen atoms in total. The fourth-order valence-corrected chi connectivity index (χ4v) is 0.928. The summed E-state index contributed by atoms with van der Waals surface area (Å²) in [6.45, 7) is 10.1. The van der Waals surface area contributed by atoms with Crippen molar-refractivity contribution in [3.63, 3.8) is 0 Å². The minimum absolute atomic E-state index is 0.349. The van der Waals surface area contributed by atoms with Gasteiger partial charge in [0.15, 0.2) is 5.96 Å². The van der Waals surface area contributed by atoms with Gasteiger partial charge in [-0.15, -0.1) is 0 Å². The first-order valence-electron chi connectivity index (χ1n) is 5.20. The van der Waals surface area contributed by atoms with E-state index in [1.165, 1.54) is 0 Å². The van der Waals surface area contributed by atoms with E-state index in [2.05, 4.69) is 36.1 Å². The number of hydrogen-bond donors (Lipinski definition) is 2. The molecule has 0 bridgehead atoms. The van der Waals surface area contributed by atoms with Gasteiger partial charge >= 0.3 is 0 Å². The number of aliphatic imine (C=N–C) groups is 1. The van der Waals surface area contributed by atoms with Gasteiger partial charge < -0.3 is 16.0 Å². The van der Waals surface area contributed by atoms with E-state index in [1.807, 2.05) is 13.8 Å². The third-order valence-corrected chi connectivity index (χ3v) is 2.05. The average Bonchev–Trinajstić information content (AvgIpc) is 2.02. The fraction of sp³-hybridized carbons (Fsp3) is 0.900. The maximum absolute atomic E-state index is 5.66. The number of nitrogens with two attached hydrogens (primary N) is 1. The molecule has 0 radical (unpaired) electrons. The van der Waals surface area contributed by atoms with Crippen LogP contribution < -0.4 is 11.1 Å². The van der Waals surface area contributed by atoms with E-state index < -0.39 is 0 Å². The first kappa shape index (κ1) is 13.2. The molecule has 0 unspecified atom stereocenters. The smallest absolute Gasteiger partial charge is 0.188 e. The Morgan fingerprint density at radius 2 is 1.93 bits per heavy atom. The molecule has 3 N–H and O–H groups in total. The van der Waals surface area contributed by atoms with Crippen molar-refractivity contribution in [1.29, 1.82) is 0 Å². The molecule has 0 rings (SSSR count). The van der Waals surface area contributed by atoms with Crippen LogP contribution in [0, 0.1) is 0 Å². The Morgan fingerprint density at radius 1 is 1.36 bits per heavy atom. The molecule has 0 aromatic carbocycles. The molecule has 0 spiro atoms. The third kappa shape index (κ3) is 6.71. The van der Waals surface area contributed by atoms with Gasteiger partial charge in [-0.3, -0.25) is 4.99 Å². The highest BCUT2D eigenvalue weighted by atomic mass is 15.1. The first-order chi connectivity index (χ1) is 6.43. The molecular weight excluding hydrogens is 176 g/mol. The number of guanidine groups is 1. The number of likely N-dealkylation sites (N-methyl/N-ethyl adjacent to an activating group) is 1. The highest BCUT2D eigenvalue weighted by Crippen LogP contribution is 1.91. The van der Waals surface area contributed by atoms with E-state index >= 15 is 0 Å². The zero-order valence-electron chi connectivity index (χ0n) is 10.0. The minimum Gasteiger partial charge on any atom is -0.370 e. The van der Waals surface area contributed by atoms with Crippen molar-refractivity contribution in [2.75, 3.05) is 20.1 Å². The van der Waals surface area contributed by atoms with Crippen molar-refractivity contribution in [3.05, 3.63) is 0 Å². The van der Waals surface area contributed by atoms with Crippen LogP contribution in [0.25, 0.3) is 0 Å². The number of nitrogens with zero attached hydrogens (tertiary/aromatic N) is 2. The standard InChI is InChI=1S/C10H24N4/c1-8(2)13-10(11)12-6-7-14(5)9(3)4/h8-9H,6-7H2,1-5H3,(H3,11,12,13). The molecule has 4 heteroatoms. The maximum Gasteiger partial charge on any atom is 0.188 e. The van der Waals surface area contributed by atoms with Crippen molar-refractivity contribution in [1.82, 2.24) is 10.2 Å². The lowest BCUT2D eigenvalue weighted by Gasteiger charge is -2.19. The third-order valence-electron chi connectivity index (χ3n) is 2.05. The molecule has 0 aliphatic heterocycles. The van der Waals surface area contributed by atoms with Gasteiger partial charge in [0.1, 0.15) is 0 Å². The number of nitrogens with one attached hydrogen (secondary N) is 1. The van der Waals surface area contributed by atoms with Crippen LogP contribution in [-0.4, -0.2) is 43.1 Å². The summed E-state index contributed by atoms with van der Waals surface area (Å²) in [6.07, 6.45) is 0. The van der Waals surface area contributed by atoms with Gasteiger partial charge in [0.05, 0.1) is 6.54 Å². The van der Waals surface area contributed by atoms with E-state index in [9.17, 15) is 0 Å². The molecule has 84 valence electrons. The zero-order chi connectivity index (χ0) is 11.1. The van der Waals surface area contributed by atoms with Crippen LogP contribution in [-0.2, 0) is 0 Å². The summed E-state index contributed by atoms with van der Waals surface area (Å²) in [7, 11) is 2.09. The summed E-state index contributed by atoms with van der Waals surface area (Å²) < 4.78 is 0. The van der Waals surface area contributed by atoms with Crippen molar-refractivity contribution < 1.29 is 0 Å². The van der Waals surface area contributed by atoms with Crippen molar-refractivity contribution in [3.8, 4) is 0 Å². The van der Waals surface area contributed by atoms with Gasteiger partial charge in [-0.05, 0) is 34.7 Å². The van der Waals surface area contributed by atoms with Crippen LogP contribution >= 0.6 is 0 Å². The second-order valence-electron chi connectivity index (χ2n) is 4.14. The maximum atomic E-state index is 5.66. The molecule has 0 aliphatic carbocycles. The van der Waals surface area contributed by atoms with E-state index in [0.717, 1.165) is 13.1 Å². The van der Waals surface area contributed by atoms with Crippen LogP contribution in [0.2, 0.25) is 0 Å². The van der Waals surface area contributed by atoms with E-state index in [-0.39, 0.29) is 0 Å². The SMILES string of the molecule is CC(C)NC(N)=NCCN(C)C(C)C. The molecule has 0 fully saturated rings. The van der Waals surface area contributed by atoms with Gasteiger partial charge in [0.25, 0.3) is 0 Å². The summed E-state index contributed by atoms with van der Waals surface area (Å²) in [4.78, 5) is 6.47. The monoisotopic (exact) mass is 200 g/mol. The fourth-order valence-electron chi connectivity index (χ4n) is 0.928. The minimum atomic E-state index is 0.349. The van der Waals surface area contributed by atoms with Crippen LogP contribution in [0.1, 0.15) is 27.7 Å². The molecule has 0 atom stereocenters. The molecule has 0 saturated carbocycles. The summed E-state index contributed by atoms with van der Waals surface area (Å²) in [6, 6.07) is 0.908. The Labute approximate surface area is 87.6 Å². The second kappa shape index (κ2) is 6.65.